The number of hydrogen-bond donors (Lipinski definition) is 1. The van der Waals surface area contributed by atoms with Crippen molar-refractivity contribution < 1.29 is 0 Å². The fourth-order valence-electron chi connectivity index (χ4n) is 4.65. The Bertz CT molecular complexity index is 1030. The fourth-order valence-corrected chi connectivity index (χ4v) is 4.65. The molecular formula is C25H23N. The van der Waals surface area contributed by atoms with E-state index in [2.05, 4.69) is 78.9 Å². The predicted molar refractivity (Wildman–Crippen MR) is 110 cm³/mol. The summed E-state index contributed by atoms with van der Waals surface area (Å²) < 4.78 is 0. The van der Waals surface area contributed by atoms with Crippen LogP contribution in [0.2, 0.25) is 0 Å². The molecule has 0 aromatic heterocycles. The van der Waals surface area contributed by atoms with E-state index in [4.69, 9.17) is 5.73 Å². The number of aryl methyl sites for hydroxylation is 1. The Labute approximate surface area is 154 Å². The van der Waals surface area contributed by atoms with Crippen molar-refractivity contribution in [3.05, 3.63) is 101 Å². The molecule has 0 heterocycles. The summed E-state index contributed by atoms with van der Waals surface area (Å²) in [5.74, 6) is 0.387. The Morgan fingerprint density at radius 1 is 0.846 bits per heavy atom. The average Bonchev–Trinajstić information content (AvgIpc) is 2.70. The van der Waals surface area contributed by atoms with Crippen molar-refractivity contribution in [3.63, 3.8) is 0 Å². The van der Waals surface area contributed by atoms with E-state index in [9.17, 15) is 0 Å². The minimum absolute atomic E-state index is 0.120. The standard InChI is InChI=1S/C25H23N/c26-25-19(16-17-6-2-1-3-7-17)11-13-23-22-12-10-18-8-4-5-9-20(18)21(22)14-15-24(23)25/h1-13,19,25H,14-16,26H2/t19-,25+/m1/s1. The second-order valence-electron chi connectivity index (χ2n) is 7.49. The molecule has 3 aromatic rings. The van der Waals surface area contributed by atoms with Crippen molar-refractivity contribution in [2.75, 3.05) is 0 Å². The fraction of sp³-hybridized carbons (Fsp3) is 0.200. The number of hydrogen-bond acceptors (Lipinski definition) is 1. The van der Waals surface area contributed by atoms with Crippen LogP contribution in [0.3, 0.4) is 0 Å². The van der Waals surface area contributed by atoms with Gasteiger partial charge >= 0.3 is 0 Å². The summed E-state index contributed by atoms with van der Waals surface area (Å²) in [5.41, 5.74) is 13.8. The van der Waals surface area contributed by atoms with Crippen LogP contribution in [0.15, 0.2) is 84.5 Å². The van der Waals surface area contributed by atoms with Gasteiger partial charge in [0.25, 0.3) is 0 Å². The van der Waals surface area contributed by atoms with Gasteiger partial charge in [0, 0.05) is 12.0 Å². The smallest absolute Gasteiger partial charge is 0.0330 e. The molecule has 2 N–H and O–H groups in total. The van der Waals surface area contributed by atoms with Gasteiger partial charge in [-0.2, -0.15) is 0 Å². The lowest BCUT2D eigenvalue weighted by Crippen LogP contribution is -2.36. The molecule has 0 bridgehead atoms. The lowest BCUT2D eigenvalue weighted by atomic mass is 9.73. The van der Waals surface area contributed by atoms with Gasteiger partial charge in [-0.15, -0.1) is 0 Å². The number of allylic oxidation sites excluding steroid dienone is 2. The van der Waals surface area contributed by atoms with Crippen LogP contribution in [0.1, 0.15) is 23.1 Å². The first-order valence-electron chi connectivity index (χ1n) is 9.53. The SMILES string of the molecule is N[C@@H]1C2=C(C=C[C@@H]1Cc1ccccc1)c1ccc3ccccc3c1CC2. The molecule has 1 nitrogen and oxygen atoms in total. The maximum Gasteiger partial charge on any atom is 0.0330 e. The molecule has 0 aliphatic heterocycles. The van der Waals surface area contributed by atoms with Crippen molar-refractivity contribution in [1.29, 1.82) is 0 Å². The zero-order valence-corrected chi connectivity index (χ0v) is 14.9. The molecule has 2 aliphatic carbocycles. The van der Waals surface area contributed by atoms with E-state index in [-0.39, 0.29) is 6.04 Å². The quantitative estimate of drug-likeness (QED) is 0.675. The average molecular weight is 337 g/mol. The number of rotatable bonds is 2. The maximum atomic E-state index is 6.74. The molecular weight excluding hydrogens is 314 g/mol. The lowest BCUT2D eigenvalue weighted by molar-refractivity contribution is 0.531. The minimum atomic E-state index is 0.120. The van der Waals surface area contributed by atoms with Crippen LogP contribution in [-0.4, -0.2) is 6.04 Å². The van der Waals surface area contributed by atoms with Crippen molar-refractivity contribution in [2.45, 2.75) is 25.3 Å². The summed E-state index contributed by atoms with van der Waals surface area (Å²) in [7, 11) is 0. The predicted octanol–water partition coefficient (Wildman–Crippen LogP) is 5.30. The second-order valence-corrected chi connectivity index (χ2v) is 7.49. The monoisotopic (exact) mass is 337 g/mol. The molecule has 2 atom stereocenters. The molecule has 3 aromatic carbocycles. The molecule has 0 saturated heterocycles. The van der Waals surface area contributed by atoms with Crippen LogP contribution < -0.4 is 5.73 Å². The highest BCUT2D eigenvalue weighted by Crippen LogP contribution is 2.41. The van der Waals surface area contributed by atoms with Gasteiger partial charge in [-0.25, -0.2) is 0 Å². The zero-order valence-electron chi connectivity index (χ0n) is 14.9. The normalized spacial score (nSPS) is 21.6. The third-order valence-electron chi connectivity index (χ3n) is 6.01. The number of fused-ring (bicyclic) bond motifs is 4. The molecule has 0 saturated carbocycles. The number of nitrogens with two attached hydrogens (primary N) is 1. The maximum absolute atomic E-state index is 6.74. The van der Waals surface area contributed by atoms with E-state index in [1.165, 1.54) is 38.6 Å². The zero-order chi connectivity index (χ0) is 17.5. The van der Waals surface area contributed by atoms with E-state index >= 15 is 0 Å². The van der Waals surface area contributed by atoms with Crippen molar-refractivity contribution in [3.8, 4) is 0 Å². The van der Waals surface area contributed by atoms with E-state index in [0.29, 0.717) is 5.92 Å². The molecule has 2 aliphatic rings. The molecule has 0 spiro atoms. The first kappa shape index (κ1) is 15.6. The Morgan fingerprint density at radius 3 is 2.54 bits per heavy atom. The molecule has 0 unspecified atom stereocenters. The molecule has 0 radical (unpaired) electrons. The molecule has 26 heavy (non-hydrogen) atoms. The summed E-state index contributed by atoms with van der Waals surface area (Å²) in [6, 6.07) is 24.1. The van der Waals surface area contributed by atoms with Gasteiger partial charge in [-0.05, 0) is 57.9 Å². The van der Waals surface area contributed by atoms with Gasteiger partial charge in [0.1, 0.15) is 0 Å². The van der Waals surface area contributed by atoms with Crippen LogP contribution in [0.25, 0.3) is 16.3 Å². The third-order valence-corrected chi connectivity index (χ3v) is 6.01. The van der Waals surface area contributed by atoms with E-state index in [0.717, 1.165) is 19.3 Å². The Morgan fingerprint density at radius 2 is 1.65 bits per heavy atom. The van der Waals surface area contributed by atoms with Gasteiger partial charge in [-0.3, -0.25) is 0 Å². The van der Waals surface area contributed by atoms with Gasteiger partial charge in [0.15, 0.2) is 0 Å². The highest BCUT2D eigenvalue weighted by molar-refractivity contribution is 5.94. The number of benzene rings is 3. The summed E-state index contributed by atoms with van der Waals surface area (Å²) in [5, 5.41) is 2.73. The Kier molecular flexibility index (Phi) is 3.76. The molecule has 0 fully saturated rings. The Balaban J connectivity index is 1.52. The van der Waals surface area contributed by atoms with Crippen molar-refractivity contribution >= 4 is 16.3 Å². The van der Waals surface area contributed by atoms with Crippen LogP contribution in [0.4, 0.5) is 0 Å². The van der Waals surface area contributed by atoms with E-state index < -0.39 is 0 Å². The highest BCUT2D eigenvalue weighted by Gasteiger charge is 2.29. The van der Waals surface area contributed by atoms with E-state index in [1.807, 2.05) is 0 Å². The Hall–Kier alpha value is -2.64. The van der Waals surface area contributed by atoms with Crippen LogP contribution >= 0.6 is 0 Å². The molecule has 128 valence electrons. The second kappa shape index (κ2) is 6.26. The van der Waals surface area contributed by atoms with E-state index in [1.54, 1.807) is 0 Å². The largest absolute Gasteiger partial charge is 0.324 e. The first-order chi connectivity index (χ1) is 12.8. The highest BCUT2D eigenvalue weighted by atomic mass is 14.7. The van der Waals surface area contributed by atoms with Crippen molar-refractivity contribution in [2.24, 2.45) is 11.7 Å². The third kappa shape index (κ3) is 2.51. The van der Waals surface area contributed by atoms with Gasteiger partial charge in [-0.1, -0.05) is 78.9 Å². The van der Waals surface area contributed by atoms with Gasteiger partial charge < -0.3 is 5.73 Å². The van der Waals surface area contributed by atoms with Gasteiger partial charge in [0.2, 0.25) is 0 Å². The van der Waals surface area contributed by atoms with Crippen molar-refractivity contribution in [1.82, 2.24) is 0 Å². The first-order valence-corrected chi connectivity index (χ1v) is 9.53. The topological polar surface area (TPSA) is 26.0 Å². The molecule has 5 rings (SSSR count). The summed E-state index contributed by atoms with van der Waals surface area (Å²) in [6.45, 7) is 0. The van der Waals surface area contributed by atoms with Crippen LogP contribution in [0.5, 0.6) is 0 Å². The van der Waals surface area contributed by atoms with Crippen LogP contribution in [-0.2, 0) is 12.8 Å². The summed E-state index contributed by atoms with van der Waals surface area (Å²) >= 11 is 0. The summed E-state index contributed by atoms with van der Waals surface area (Å²) in [6.07, 6.45) is 7.85. The molecule has 1 heteroatoms. The van der Waals surface area contributed by atoms with Crippen LogP contribution in [0, 0.1) is 5.92 Å². The lowest BCUT2D eigenvalue weighted by Gasteiger charge is -2.33. The van der Waals surface area contributed by atoms with Gasteiger partial charge in [0.05, 0.1) is 0 Å². The minimum Gasteiger partial charge on any atom is -0.324 e. The summed E-state index contributed by atoms with van der Waals surface area (Å²) in [4.78, 5) is 0. The molecule has 0 amide bonds.